The molecule has 2 rings (SSSR count). The van der Waals surface area contributed by atoms with Gasteiger partial charge in [0.1, 0.15) is 18.1 Å². The van der Waals surface area contributed by atoms with Crippen molar-refractivity contribution in [2.24, 2.45) is 0 Å². The van der Waals surface area contributed by atoms with Crippen LogP contribution in [0.3, 0.4) is 0 Å². The van der Waals surface area contributed by atoms with Gasteiger partial charge < -0.3 is 10.5 Å². The Balaban J connectivity index is 2.21. The van der Waals surface area contributed by atoms with Crippen molar-refractivity contribution in [3.05, 3.63) is 62.1 Å². The summed E-state index contributed by atoms with van der Waals surface area (Å²) in [6, 6.07) is 5.88. The molecule has 2 aromatic rings. The molecule has 0 fully saturated rings. The number of benzene rings is 2. The molecule has 2 N–H and O–H groups in total. The molecule has 5 nitrogen and oxygen atoms in total. The van der Waals surface area contributed by atoms with Gasteiger partial charge >= 0.3 is 0 Å². The number of halogens is 3. The molecule has 2 aromatic carbocycles. The summed E-state index contributed by atoms with van der Waals surface area (Å²) in [5.41, 5.74) is 5.68. The van der Waals surface area contributed by atoms with Crippen LogP contribution in [0.4, 0.5) is 20.2 Å². The predicted octanol–water partition coefficient (Wildman–Crippen LogP) is 3.80. The summed E-state index contributed by atoms with van der Waals surface area (Å²) in [4.78, 5) is 10.2. The van der Waals surface area contributed by atoms with E-state index in [1.165, 1.54) is 18.2 Å². The fourth-order valence-corrected chi connectivity index (χ4v) is 2.18. The second-order valence-corrected chi connectivity index (χ2v) is 4.99. The maximum atomic E-state index is 13.6. The first-order chi connectivity index (χ1) is 9.88. The number of nitrogens with two attached hydrogens (primary N) is 1. The van der Waals surface area contributed by atoms with Gasteiger partial charge in [-0.1, -0.05) is 6.07 Å². The monoisotopic (exact) mass is 358 g/mol. The highest BCUT2D eigenvalue weighted by Crippen LogP contribution is 2.30. The van der Waals surface area contributed by atoms with Crippen LogP contribution in [0.1, 0.15) is 5.56 Å². The fraction of sp³-hybridized carbons (Fsp3) is 0.0769. The molecule has 0 saturated carbocycles. The van der Waals surface area contributed by atoms with Gasteiger partial charge in [0.05, 0.1) is 9.40 Å². The van der Waals surface area contributed by atoms with Crippen molar-refractivity contribution in [3.8, 4) is 5.75 Å². The summed E-state index contributed by atoms with van der Waals surface area (Å²) >= 11 is 2.99. The first kappa shape index (κ1) is 15.2. The summed E-state index contributed by atoms with van der Waals surface area (Å²) in [5, 5.41) is 10.8. The molecule has 110 valence electrons. The Morgan fingerprint density at radius 2 is 2.00 bits per heavy atom. The van der Waals surface area contributed by atoms with E-state index >= 15 is 0 Å². The van der Waals surface area contributed by atoms with Gasteiger partial charge in [-0.25, -0.2) is 8.78 Å². The van der Waals surface area contributed by atoms with Crippen LogP contribution in [0.2, 0.25) is 0 Å². The molecule has 0 amide bonds. The zero-order chi connectivity index (χ0) is 15.6. The zero-order valence-electron chi connectivity index (χ0n) is 10.5. The van der Waals surface area contributed by atoms with Crippen molar-refractivity contribution in [3.63, 3.8) is 0 Å². The summed E-state index contributed by atoms with van der Waals surface area (Å²) in [6.07, 6.45) is 0. The minimum absolute atomic E-state index is 0.0258. The maximum absolute atomic E-state index is 13.6. The Morgan fingerprint density at radius 1 is 1.29 bits per heavy atom. The predicted molar refractivity (Wildman–Crippen MR) is 75.9 cm³/mol. The zero-order valence-corrected chi connectivity index (χ0v) is 12.1. The number of nitrogens with zero attached hydrogens (tertiary/aromatic N) is 1. The molecule has 0 aliphatic heterocycles. The van der Waals surface area contributed by atoms with E-state index in [9.17, 15) is 18.9 Å². The second kappa shape index (κ2) is 6.04. The molecule has 0 radical (unpaired) electrons. The fourth-order valence-electron chi connectivity index (χ4n) is 1.66. The average Bonchev–Trinajstić information content (AvgIpc) is 2.38. The highest BCUT2D eigenvalue weighted by molar-refractivity contribution is 9.10. The summed E-state index contributed by atoms with van der Waals surface area (Å²) in [6.45, 7) is -0.123. The number of nitro groups is 1. The molecular formula is C13H9BrF2N2O3. The molecule has 0 saturated heterocycles. The van der Waals surface area contributed by atoms with Crippen molar-refractivity contribution < 1.29 is 18.4 Å². The van der Waals surface area contributed by atoms with Crippen LogP contribution in [-0.2, 0) is 6.61 Å². The third-order valence-electron chi connectivity index (χ3n) is 2.64. The van der Waals surface area contributed by atoms with Crippen LogP contribution in [-0.4, -0.2) is 4.92 Å². The number of ether oxygens (including phenoxy) is 1. The van der Waals surface area contributed by atoms with Crippen LogP contribution in [0.5, 0.6) is 5.75 Å². The van der Waals surface area contributed by atoms with Gasteiger partial charge in [-0.05, 0) is 33.6 Å². The topological polar surface area (TPSA) is 78.4 Å². The van der Waals surface area contributed by atoms with Gasteiger partial charge in [0, 0.05) is 12.1 Å². The smallest absolute Gasteiger partial charge is 0.292 e. The minimum Gasteiger partial charge on any atom is -0.485 e. The van der Waals surface area contributed by atoms with Crippen LogP contribution in [0.15, 0.2) is 34.8 Å². The number of nitrogen functional groups attached to an aromatic ring is 1. The molecule has 0 aromatic heterocycles. The molecule has 0 atom stereocenters. The van der Waals surface area contributed by atoms with E-state index in [0.717, 1.165) is 6.07 Å². The molecule has 0 heterocycles. The van der Waals surface area contributed by atoms with Crippen molar-refractivity contribution in [2.45, 2.75) is 6.61 Å². The molecule has 0 aliphatic rings. The molecule has 8 heteroatoms. The van der Waals surface area contributed by atoms with Gasteiger partial charge in [-0.3, -0.25) is 10.1 Å². The minimum atomic E-state index is -0.869. The molecular weight excluding hydrogens is 350 g/mol. The lowest BCUT2D eigenvalue weighted by Gasteiger charge is -2.10. The Hall–Kier alpha value is -2.22. The first-order valence-electron chi connectivity index (χ1n) is 5.68. The Labute approximate surface area is 126 Å². The second-order valence-electron chi connectivity index (χ2n) is 4.14. The number of hydrogen-bond donors (Lipinski definition) is 1. The Bertz CT molecular complexity index is 687. The van der Waals surface area contributed by atoms with Gasteiger partial charge in [0.2, 0.25) is 0 Å². The van der Waals surface area contributed by atoms with Crippen molar-refractivity contribution in [1.29, 1.82) is 0 Å². The van der Waals surface area contributed by atoms with Gasteiger partial charge in [-0.2, -0.15) is 0 Å². The molecule has 0 unspecified atom stereocenters. The van der Waals surface area contributed by atoms with E-state index in [0.29, 0.717) is 11.6 Å². The summed E-state index contributed by atoms with van der Waals surface area (Å²) in [7, 11) is 0. The molecule has 21 heavy (non-hydrogen) atoms. The van der Waals surface area contributed by atoms with Crippen molar-refractivity contribution in [1.82, 2.24) is 0 Å². The third kappa shape index (κ3) is 3.46. The van der Waals surface area contributed by atoms with E-state index in [1.807, 2.05) is 0 Å². The largest absolute Gasteiger partial charge is 0.485 e. The van der Waals surface area contributed by atoms with Gasteiger partial charge in [0.15, 0.2) is 11.6 Å². The number of anilines is 1. The van der Waals surface area contributed by atoms with Gasteiger partial charge in [-0.15, -0.1) is 0 Å². The van der Waals surface area contributed by atoms with Crippen molar-refractivity contribution in [2.75, 3.05) is 5.73 Å². The van der Waals surface area contributed by atoms with E-state index in [1.54, 1.807) is 0 Å². The number of rotatable bonds is 4. The van der Waals surface area contributed by atoms with Crippen LogP contribution in [0, 0.1) is 21.7 Å². The van der Waals surface area contributed by atoms with E-state index in [4.69, 9.17) is 10.5 Å². The third-order valence-corrected chi connectivity index (χ3v) is 3.23. The van der Waals surface area contributed by atoms with Crippen LogP contribution >= 0.6 is 15.9 Å². The Kier molecular flexibility index (Phi) is 4.37. The van der Waals surface area contributed by atoms with Crippen molar-refractivity contribution >= 4 is 27.3 Å². The van der Waals surface area contributed by atoms with E-state index < -0.39 is 16.6 Å². The van der Waals surface area contributed by atoms with Crippen LogP contribution < -0.4 is 10.5 Å². The first-order valence-corrected chi connectivity index (χ1v) is 6.48. The SMILES string of the molecule is Nc1ccc(COc2c(F)cc(F)cc2Br)cc1[N+](=O)[O-]. The summed E-state index contributed by atoms with van der Waals surface area (Å²) in [5.74, 6) is -1.78. The quantitative estimate of drug-likeness (QED) is 0.512. The average molecular weight is 359 g/mol. The van der Waals surface area contributed by atoms with Gasteiger partial charge in [0.25, 0.3) is 5.69 Å². The van der Waals surface area contributed by atoms with Crippen LogP contribution in [0.25, 0.3) is 0 Å². The summed E-state index contributed by atoms with van der Waals surface area (Å²) < 4.78 is 31.9. The molecule has 0 aliphatic carbocycles. The molecule has 0 bridgehead atoms. The standard InChI is InChI=1S/C13H9BrF2N2O3/c14-9-4-8(15)5-10(16)13(9)21-6-7-1-2-11(17)12(3-7)18(19)20/h1-5H,6,17H2. The highest BCUT2D eigenvalue weighted by atomic mass is 79.9. The van der Waals surface area contributed by atoms with E-state index in [-0.39, 0.29) is 28.2 Å². The number of hydrogen-bond acceptors (Lipinski definition) is 4. The van der Waals surface area contributed by atoms with E-state index in [2.05, 4.69) is 15.9 Å². The normalized spacial score (nSPS) is 10.4. The lowest BCUT2D eigenvalue weighted by atomic mass is 10.2. The lowest BCUT2D eigenvalue weighted by Crippen LogP contribution is -2.01. The Morgan fingerprint density at radius 3 is 2.62 bits per heavy atom. The highest BCUT2D eigenvalue weighted by Gasteiger charge is 2.14. The molecule has 0 spiro atoms. The maximum Gasteiger partial charge on any atom is 0.292 e. The number of nitro benzene ring substituents is 1. The lowest BCUT2D eigenvalue weighted by molar-refractivity contribution is -0.384.